The molecule has 2 heterocycles. The zero-order valence-corrected chi connectivity index (χ0v) is 17.6. The van der Waals surface area contributed by atoms with Crippen molar-refractivity contribution in [2.75, 3.05) is 11.9 Å². The number of benzene rings is 1. The highest BCUT2D eigenvalue weighted by atomic mass is 35.5. The van der Waals surface area contributed by atoms with Crippen molar-refractivity contribution in [3.63, 3.8) is 0 Å². The summed E-state index contributed by atoms with van der Waals surface area (Å²) in [6, 6.07) is 9.32. The molecular formula is C21H22ClF3N4O. The van der Waals surface area contributed by atoms with E-state index in [4.69, 9.17) is 16.3 Å². The van der Waals surface area contributed by atoms with Crippen molar-refractivity contribution in [2.45, 2.75) is 33.4 Å². The maximum atomic E-state index is 12.5. The lowest BCUT2D eigenvalue weighted by Gasteiger charge is -2.10. The lowest BCUT2D eigenvalue weighted by atomic mass is 10.1. The summed E-state index contributed by atoms with van der Waals surface area (Å²) in [7, 11) is 0. The molecule has 0 unspecified atom stereocenters. The monoisotopic (exact) mass is 438 g/mol. The zero-order chi connectivity index (χ0) is 22.1. The molecule has 0 fully saturated rings. The minimum absolute atomic E-state index is 0.0937. The smallest absolute Gasteiger partial charge is 0.417 e. The quantitative estimate of drug-likeness (QED) is 0.487. The summed E-state index contributed by atoms with van der Waals surface area (Å²) >= 11 is 6.14. The van der Waals surface area contributed by atoms with Crippen LogP contribution in [-0.2, 0) is 12.6 Å². The lowest BCUT2D eigenvalue weighted by Crippen LogP contribution is -2.07. The summed E-state index contributed by atoms with van der Waals surface area (Å²) in [6.07, 6.45) is -1.51. The fraction of sp³-hybridized carbons (Fsp3) is 0.286. The van der Waals surface area contributed by atoms with Crippen molar-refractivity contribution >= 4 is 17.4 Å². The van der Waals surface area contributed by atoms with Crippen molar-refractivity contribution < 1.29 is 17.9 Å². The van der Waals surface area contributed by atoms with E-state index in [0.717, 1.165) is 24.2 Å². The number of pyridine rings is 1. The lowest BCUT2D eigenvalue weighted by molar-refractivity contribution is -0.137. The van der Waals surface area contributed by atoms with Crippen LogP contribution in [0.3, 0.4) is 0 Å². The Balaban J connectivity index is 0.00000155. The van der Waals surface area contributed by atoms with Gasteiger partial charge in [-0.25, -0.2) is 15.0 Å². The van der Waals surface area contributed by atoms with E-state index in [0.29, 0.717) is 28.8 Å². The van der Waals surface area contributed by atoms with Crippen molar-refractivity contribution in [1.29, 1.82) is 0 Å². The van der Waals surface area contributed by atoms with Gasteiger partial charge in [0.15, 0.2) is 0 Å². The predicted octanol–water partition coefficient (Wildman–Crippen LogP) is 6.33. The van der Waals surface area contributed by atoms with E-state index in [1.807, 2.05) is 26.0 Å². The Hall–Kier alpha value is -2.87. The van der Waals surface area contributed by atoms with Gasteiger partial charge in [0.25, 0.3) is 0 Å². The second-order valence-corrected chi connectivity index (χ2v) is 6.31. The molecule has 0 saturated heterocycles. The molecule has 1 N–H and O–H groups in total. The van der Waals surface area contributed by atoms with Gasteiger partial charge in [0.2, 0.25) is 5.88 Å². The molecule has 0 radical (unpaired) electrons. The van der Waals surface area contributed by atoms with Crippen LogP contribution in [0.4, 0.5) is 19.0 Å². The number of halogens is 4. The summed E-state index contributed by atoms with van der Waals surface area (Å²) in [4.78, 5) is 11.8. The Labute approximate surface area is 178 Å². The summed E-state index contributed by atoms with van der Waals surface area (Å²) in [5.41, 5.74) is 0.932. The van der Waals surface area contributed by atoms with Crippen molar-refractivity contribution in [3.8, 4) is 11.6 Å². The Bertz CT molecular complexity index is 932. The van der Waals surface area contributed by atoms with Crippen molar-refractivity contribution in [1.82, 2.24) is 15.0 Å². The number of anilines is 1. The SMILES string of the molecule is CC.Cc1ncnc(NCCc2ccc(Oc3ccc(C(F)(F)F)cn3)cc2)c1Cl. The van der Waals surface area contributed by atoms with E-state index < -0.39 is 11.7 Å². The number of hydrogen-bond acceptors (Lipinski definition) is 5. The van der Waals surface area contributed by atoms with Crippen LogP contribution in [0.25, 0.3) is 0 Å². The number of hydrogen-bond donors (Lipinski definition) is 1. The minimum atomic E-state index is -4.42. The number of ether oxygens (including phenoxy) is 1. The molecule has 0 spiro atoms. The maximum absolute atomic E-state index is 12.5. The summed E-state index contributed by atoms with van der Waals surface area (Å²) in [6.45, 7) is 6.43. The Kier molecular flexibility index (Phi) is 8.41. The molecule has 0 aliphatic carbocycles. The molecule has 0 atom stereocenters. The highest BCUT2D eigenvalue weighted by molar-refractivity contribution is 6.33. The predicted molar refractivity (Wildman–Crippen MR) is 111 cm³/mol. The van der Waals surface area contributed by atoms with Crippen LogP contribution in [0.1, 0.15) is 30.7 Å². The van der Waals surface area contributed by atoms with Gasteiger partial charge in [-0.05, 0) is 37.1 Å². The Morgan fingerprint density at radius 2 is 1.70 bits per heavy atom. The van der Waals surface area contributed by atoms with E-state index in [-0.39, 0.29) is 5.88 Å². The third-order valence-electron chi connectivity index (χ3n) is 3.88. The molecule has 9 heteroatoms. The molecule has 160 valence electrons. The molecule has 0 amide bonds. The first kappa shape index (κ1) is 23.4. The summed E-state index contributed by atoms with van der Waals surface area (Å²) < 4.78 is 43.1. The molecule has 2 aromatic heterocycles. The number of nitrogens with one attached hydrogen (secondary N) is 1. The van der Waals surface area contributed by atoms with Crippen molar-refractivity contribution in [3.05, 3.63) is 70.8 Å². The number of alkyl halides is 3. The summed E-state index contributed by atoms with van der Waals surface area (Å²) in [5.74, 6) is 1.16. The fourth-order valence-corrected chi connectivity index (χ4v) is 2.52. The first-order chi connectivity index (χ1) is 14.3. The molecule has 1 aromatic carbocycles. The van der Waals surface area contributed by atoms with E-state index >= 15 is 0 Å². The van der Waals surface area contributed by atoms with E-state index in [1.165, 1.54) is 12.4 Å². The topological polar surface area (TPSA) is 59.9 Å². The van der Waals surface area contributed by atoms with Crippen LogP contribution >= 0.6 is 11.6 Å². The molecule has 0 aliphatic rings. The van der Waals surface area contributed by atoms with E-state index in [1.54, 1.807) is 19.1 Å². The molecule has 0 saturated carbocycles. The first-order valence-corrected chi connectivity index (χ1v) is 9.72. The third-order valence-corrected chi connectivity index (χ3v) is 4.33. The van der Waals surface area contributed by atoms with Gasteiger partial charge in [-0.3, -0.25) is 0 Å². The van der Waals surface area contributed by atoms with Crippen molar-refractivity contribution in [2.24, 2.45) is 0 Å². The normalized spacial score (nSPS) is 10.8. The number of aryl methyl sites for hydroxylation is 1. The first-order valence-electron chi connectivity index (χ1n) is 9.34. The molecule has 30 heavy (non-hydrogen) atoms. The van der Waals surface area contributed by atoms with Gasteiger partial charge in [0.05, 0.1) is 11.3 Å². The Morgan fingerprint density at radius 3 is 2.30 bits per heavy atom. The van der Waals surface area contributed by atoms with Gasteiger partial charge in [0, 0.05) is 18.8 Å². The van der Waals surface area contributed by atoms with Gasteiger partial charge in [0.1, 0.15) is 22.9 Å². The largest absolute Gasteiger partial charge is 0.439 e. The van der Waals surface area contributed by atoms with Gasteiger partial charge >= 0.3 is 6.18 Å². The van der Waals surface area contributed by atoms with Gasteiger partial charge in [-0.1, -0.05) is 37.6 Å². The highest BCUT2D eigenvalue weighted by Crippen LogP contribution is 2.30. The third kappa shape index (κ3) is 6.59. The molecule has 5 nitrogen and oxygen atoms in total. The molecule has 0 bridgehead atoms. The second-order valence-electron chi connectivity index (χ2n) is 5.93. The zero-order valence-electron chi connectivity index (χ0n) is 16.8. The van der Waals surface area contributed by atoms with Crippen LogP contribution in [-0.4, -0.2) is 21.5 Å². The van der Waals surface area contributed by atoms with Crippen LogP contribution < -0.4 is 10.1 Å². The number of rotatable bonds is 6. The molecule has 3 aromatic rings. The van der Waals surface area contributed by atoms with E-state index in [2.05, 4.69) is 20.3 Å². The molecular weight excluding hydrogens is 417 g/mol. The van der Waals surface area contributed by atoms with E-state index in [9.17, 15) is 13.2 Å². The highest BCUT2D eigenvalue weighted by Gasteiger charge is 2.30. The second kappa shape index (κ2) is 10.8. The van der Waals surface area contributed by atoms with Crippen LogP contribution in [0.15, 0.2) is 48.9 Å². The summed E-state index contributed by atoms with van der Waals surface area (Å²) in [5, 5.41) is 3.65. The van der Waals surface area contributed by atoms with Crippen LogP contribution in [0.5, 0.6) is 11.6 Å². The molecule has 3 rings (SSSR count). The van der Waals surface area contributed by atoms with Crippen LogP contribution in [0, 0.1) is 6.92 Å². The van der Waals surface area contributed by atoms with Gasteiger partial charge in [-0.15, -0.1) is 0 Å². The average molecular weight is 439 g/mol. The van der Waals surface area contributed by atoms with Gasteiger partial charge < -0.3 is 10.1 Å². The minimum Gasteiger partial charge on any atom is -0.439 e. The number of aromatic nitrogens is 3. The van der Waals surface area contributed by atoms with Gasteiger partial charge in [-0.2, -0.15) is 13.2 Å². The average Bonchev–Trinajstić information content (AvgIpc) is 2.74. The fourth-order valence-electron chi connectivity index (χ4n) is 2.36. The molecule has 0 aliphatic heterocycles. The van der Waals surface area contributed by atoms with Crippen LogP contribution in [0.2, 0.25) is 5.02 Å². The Morgan fingerprint density at radius 1 is 1.00 bits per heavy atom. The number of nitrogens with zero attached hydrogens (tertiary/aromatic N) is 3. The standard InChI is InChI=1S/C19H16ClF3N4O.C2H6/c1-12-17(20)18(27-11-26-12)24-9-8-13-2-5-15(6-3-13)28-16-7-4-14(10-25-16)19(21,22)23;1-2/h2-7,10-11H,8-9H2,1H3,(H,24,26,27);1-2H3. The maximum Gasteiger partial charge on any atom is 0.417 e.